The van der Waals surface area contributed by atoms with Gasteiger partial charge in [-0.1, -0.05) is 5.16 Å². The first-order valence-corrected chi connectivity index (χ1v) is 9.42. The number of anilines is 2. The summed E-state index contributed by atoms with van der Waals surface area (Å²) in [5.74, 6) is 1.54. The summed E-state index contributed by atoms with van der Waals surface area (Å²) in [4.78, 5) is 12.0. The van der Waals surface area contributed by atoms with Gasteiger partial charge in [0.15, 0.2) is 5.82 Å². The van der Waals surface area contributed by atoms with E-state index < -0.39 is 10.0 Å². The number of furan rings is 1. The number of amides is 1. The topological polar surface area (TPSA) is 114 Å². The molecule has 0 aliphatic rings. The van der Waals surface area contributed by atoms with Gasteiger partial charge in [-0.25, -0.2) is 8.42 Å². The number of hydrogen-bond donors (Lipinski definition) is 2. The molecule has 0 aliphatic carbocycles. The Morgan fingerprint density at radius 3 is 2.41 bits per heavy atom. The fraction of sp³-hybridized carbons (Fsp3) is 0.111. The van der Waals surface area contributed by atoms with Gasteiger partial charge >= 0.3 is 0 Å². The monoisotopic (exact) mass is 387 g/mol. The number of aryl methyl sites for hydroxylation is 2. The smallest absolute Gasteiger partial charge is 0.263 e. The van der Waals surface area contributed by atoms with Crippen molar-refractivity contribution in [2.24, 2.45) is 0 Å². The lowest BCUT2D eigenvalue weighted by molar-refractivity contribution is -0.111. The van der Waals surface area contributed by atoms with Crippen molar-refractivity contribution in [3.63, 3.8) is 0 Å². The van der Waals surface area contributed by atoms with Crippen LogP contribution in [0, 0.1) is 13.8 Å². The SMILES string of the molecule is Cc1cc(NS(=O)(=O)c2ccc(NC(=O)/C=C/c3ccc(C)o3)cc2)no1. The molecular weight excluding hydrogens is 370 g/mol. The van der Waals surface area contributed by atoms with Gasteiger partial charge in [-0.2, -0.15) is 0 Å². The number of carbonyl (C=O) groups is 1. The van der Waals surface area contributed by atoms with Crippen LogP contribution < -0.4 is 10.0 Å². The summed E-state index contributed by atoms with van der Waals surface area (Å²) in [6.07, 6.45) is 2.88. The summed E-state index contributed by atoms with van der Waals surface area (Å²) in [7, 11) is -3.80. The lowest BCUT2D eigenvalue weighted by Crippen LogP contribution is -2.13. The van der Waals surface area contributed by atoms with Crippen LogP contribution in [0.1, 0.15) is 17.3 Å². The summed E-state index contributed by atoms with van der Waals surface area (Å²) in [6.45, 7) is 3.47. The van der Waals surface area contributed by atoms with Gasteiger partial charge in [0, 0.05) is 17.8 Å². The summed E-state index contributed by atoms with van der Waals surface area (Å²) in [6, 6.07) is 10.8. The zero-order valence-corrected chi connectivity index (χ0v) is 15.4. The maximum absolute atomic E-state index is 12.3. The van der Waals surface area contributed by atoms with Gasteiger partial charge in [0.05, 0.1) is 4.90 Å². The average Bonchev–Trinajstić information content (AvgIpc) is 3.21. The van der Waals surface area contributed by atoms with E-state index in [1.54, 1.807) is 25.1 Å². The zero-order chi connectivity index (χ0) is 19.4. The molecule has 8 nitrogen and oxygen atoms in total. The van der Waals surface area contributed by atoms with Crippen LogP contribution in [-0.2, 0) is 14.8 Å². The van der Waals surface area contributed by atoms with Crippen LogP contribution in [0.5, 0.6) is 0 Å². The molecule has 0 aliphatic heterocycles. The number of nitrogens with one attached hydrogen (secondary N) is 2. The Hall–Kier alpha value is -3.33. The van der Waals surface area contributed by atoms with Crippen LogP contribution in [0.25, 0.3) is 6.08 Å². The summed E-state index contributed by atoms with van der Waals surface area (Å²) >= 11 is 0. The van der Waals surface area contributed by atoms with Crippen molar-refractivity contribution >= 4 is 33.5 Å². The van der Waals surface area contributed by atoms with Gasteiger partial charge in [0.1, 0.15) is 17.3 Å². The Morgan fingerprint density at radius 1 is 1.07 bits per heavy atom. The van der Waals surface area contributed by atoms with Gasteiger partial charge < -0.3 is 14.3 Å². The second-order valence-electron chi connectivity index (χ2n) is 5.72. The average molecular weight is 387 g/mol. The summed E-state index contributed by atoms with van der Waals surface area (Å²) in [5.41, 5.74) is 0.455. The fourth-order valence-electron chi connectivity index (χ4n) is 2.21. The molecule has 0 saturated heterocycles. The number of carbonyl (C=O) groups excluding carboxylic acids is 1. The van der Waals surface area contributed by atoms with Crippen LogP contribution in [0.4, 0.5) is 11.5 Å². The van der Waals surface area contributed by atoms with Crippen LogP contribution in [-0.4, -0.2) is 19.5 Å². The summed E-state index contributed by atoms with van der Waals surface area (Å²) < 4.78 is 37.1. The third-order valence-corrected chi connectivity index (χ3v) is 4.83. The Labute approximate surface area is 155 Å². The van der Waals surface area contributed by atoms with E-state index in [0.29, 0.717) is 17.2 Å². The molecule has 3 aromatic rings. The van der Waals surface area contributed by atoms with Crippen molar-refractivity contribution in [1.82, 2.24) is 5.16 Å². The minimum atomic E-state index is -3.80. The molecule has 0 spiro atoms. The number of hydrogen-bond acceptors (Lipinski definition) is 6. The van der Waals surface area contributed by atoms with Crippen molar-refractivity contribution in [1.29, 1.82) is 0 Å². The Morgan fingerprint density at radius 2 is 1.81 bits per heavy atom. The zero-order valence-electron chi connectivity index (χ0n) is 14.6. The predicted molar refractivity (Wildman–Crippen MR) is 99.6 cm³/mol. The quantitative estimate of drug-likeness (QED) is 0.627. The normalized spacial score (nSPS) is 11.6. The molecule has 0 saturated carbocycles. The standard InChI is InChI=1S/C18H17N3O5S/c1-12-3-6-15(25-12)7-10-18(22)19-14-4-8-16(9-5-14)27(23,24)21-17-11-13(2)26-20-17/h3-11H,1-2H3,(H,19,22)(H,20,21)/b10-7+. The Kier molecular flexibility index (Phi) is 5.13. The van der Waals surface area contributed by atoms with E-state index in [2.05, 4.69) is 15.2 Å². The highest BCUT2D eigenvalue weighted by molar-refractivity contribution is 7.92. The molecule has 1 amide bonds. The molecule has 0 unspecified atom stereocenters. The Bertz CT molecular complexity index is 1080. The van der Waals surface area contributed by atoms with Gasteiger partial charge in [-0.05, 0) is 56.3 Å². The highest BCUT2D eigenvalue weighted by Gasteiger charge is 2.16. The van der Waals surface area contributed by atoms with E-state index in [4.69, 9.17) is 8.94 Å². The van der Waals surface area contributed by atoms with Crippen LogP contribution in [0.2, 0.25) is 0 Å². The van der Waals surface area contributed by atoms with Crippen LogP contribution in [0.15, 0.2) is 62.4 Å². The molecule has 3 rings (SSSR count). The predicted octanol–water partition coefficient (Wildman–Crippen LogP) is 3.34. The third-order valence-electron chi connectivity index (χ3n) is 3.46. The molecule has 0 radical (unpaired) electrons. The Balaban J connectivity index is 1.64. The maximum atomic E-state index is 12.3. The first-order chi connectivity index (χ1) is 12.8. The van der Waals surface area contributed by atoms with Gasteiger partial charge in [-0.15, -0.1) is 0 Å². The van der Waals surface area contributed by atoms with E-state index >= 15 is 0 Å². The molecule has 9 heteroatoms. The van der Waals surface area contributed by atoms with Gasteiger partial charge in [-0.3, -0.25) is 9.52 Å². The molecule has 0 fully saturated rings. The molecule has 0 atom stereocenters. The fourth-order valence-corrected chi connectivity index (χ4v) is 3.20. The maximum Gasteiger partial charge on any atom is 0.263 e. The first kappa shape index (κ1) is 18.5. The van der Waals surface area contributed by atoms with Crippen molar-refractivity contribution in [2.75, 3.05) is 10.0 Å². The van der Waals surface area contributed by atoms with Gasteiger partial charge in [0.2, 0.25) is 5.91 Å². The number of benzene rings is 1. The second-order valence-corrected chi connectivity index (χ2v) is 7.41. The number of rotatable bonds is 6. The first-order valence-electron chi connectivity index (χ1n) is 7.93. The molecular formula is C18H17N3O5S. The summed E-state index contributed by atoms with van der Waals surface area (Å²) in [5, 5.41) is 6.23. The van der Waals surface area contributed by atoms with E-state index in [9.17, 15) is 13.2 Å². The number of aromatic nitrogens is 1. The van der Waals surface area contributed by atoms with Crippen LogP contribution >= 0.6 is 0 Å². The van der Waals surface area contributed by atoms with E-state index in [1.807, 2.05) is 6.92 Å². The number of sulfonamides is 1. The molecule has 2 heterocycles. The van der Waals surface area contributed by atoms with E-state index in [1.165, 1.54) is 36.4 Å². The molecule has 1 aromatic carbocycles. The van der Waals surface area contributed by atoms with E-state index in [0.717, 1.165) is 5.76 Å². The minimum absolute atomic E-state index is 0.0303. The van der Waals surface area contributed by atoms with E-state index in [-0.39, 0.29) is 16.6 Å². The van der Waals surface area contributed by atoms with Crippen molar-refractivity contribution in [3.8, 4) is 0 Å². The third kappa shape index (κ3) is 4.85. The molecule has 0 bridgehead atoms. The molecule has 27 heavy (non-hydrogen) atoms. The lowest BCUT2D eigenvalue weighted by atomic mass is 10.3. The lowest BCUT2D eigenvalue weighted by Gasteiger charge is -2.06. The number of nitrogens with zero attached hydrogens (tertiary/aromatic N) is 1. The highest BCUT2D eigenvalue weighted by atomic mass is 32.2. The van der Waals surface area contributed by atoms with Crippen LogP contribution in [0.3, 0.4) is 0 Å². The molecule has 140 valence electrons. The van der Waals surface area contributed by atoms with Crippen molar-refractivity contribution in [3.05, 3.63) is 65.8 Å². The highest BCUT2D eigenvalue weighted by Crippen LogP contribution is 2.18. The molecule has 2 N–H and O–H groups in total. The minimum Gasteiger partial charge on any atom is -0.462 e. The van der Waals surface area contributed by atoms with Crippen molar-refractivity contribution in [2.45, 2.75) is 18.7 Å². The largest absolute Gasteiger partial charge is 0.462 e. The second kappa shape index (κ2) is 7.50. The van der Waals surface area contributed by atoms with Gasteiger partial charge in [0.25, 0.3) is 10.0 Å². The van der Waals surface area contributed by atoms with Crippen molar-refractivity contribution < 1.29 is 22.2 Å². The molecule has 2 aromatic heterocycles.